The molecule has 0 aliphatic heterocycles. The van der Waals surface area contributed by atoms with E-state index in [0.717, 1.165) is 11.1 Å². The van der Waals surface area contributed by atoms with Gasteiger partial charge in [-0.2, -0.15) is 13.2 Å². The van der Waals surface area contributed by atoms with Gasteiger partial charge in [-0.25, -0.2) is 0 Å². The van der Waals surface area contributed by atoms with Crippen molar-refractivity contribution in [3.8, 4) is 16.9 Å². The van der Waals surface area contributed by atoms with Gasteiger partial charge in [0.05, 0.1) is 6.61 Å². The molecular formula is C27H33F3O. The molecular weight excluding hydrogens is 397 g/mol. The number of fused-ring (bicyclic) bond motifs is 3. The number of hydrogen-bond acceptors (Lipinski definition) is 1. The first-order valence-corrected chi connectivity index (χ1v) is 11.7. The summed E-state index contributed by atoms with van der Waals surface area (Å²) in [5.41, 5.74) is 4.76. The molecule has 2 aromatic carbocycles. The van der Waals surface area contributed by atoms with Crippen molar-refractivity contribution in [2.24, 2.45) is 5.41 Å². The molecule has 0 unspecified atom stereocenters. The Morgan fingerprint density at radius 1 is 0.806 bits per heavy atom. The van der Waals surface area contributed by atoms with Gasteiger partial charge in [0.1, 0.15) is 5.75 Å². The van der Waals surface area contributed by atoms with E-state index >= 15 is 0 Å². The van der Waals surface area contributed by atoms with Gasteiger partial charge in [0.15, 0.2) is 0 Å². The molecule has 0 saturated heterocycles. The molecule has 0 atom stereocenters. The van der Waals surface area contributed by atoms with E-state index in [0.29, 0.717) is 16.6 Å². The minimum Gasteiger partial charge on any atom is -0.494 e. The van der Waals surface area contributed by atoms with Gasteiger partial charge >= 0.3 is 6.18 Å². The van der Waals surface area contributed by atoms with E-state index in [1.807, 2.05) is 24.3 Å². The monoisotopic (exact) mass is 430 g/mol. The Morgan fingerprint density at radius 3 is 1.87 bits per heavy atom. The van der Waals surface area contributed by atoms with Crippen LogP contribution in [-0.2, 0) is 5.41 Å². The van der Waals surface area contributed by atoms with Crippen LogP contribution in [0.25, 0.3) is 11.1 Å². The second kappa shape index (κ2) is 8.88. The molecule has 3 fully saturated rings. The topological polar surface area (TPSA) is 9.23 Å². The SMILES string of the molecule is CCCC12CCC(c3ccc(-c4ccc(OCCCC(F)(F)F)cc4)cc3)(CC1)CC2. The Kier molecular flexibility index (Phi) is 6.37. The zero-order valence-electron chi connectivity index (χ0n) is 18.4. The third-order valence-electron chi connectivity index (χ3n) is 7.74. The van der Waals surface area contributed by atoms with Gasteiger partial charge in [-0.15, -0.1) is 0 Å². The lowest BCUT2D eigenvalue weighted by Gasteiger charge is -2.54. The second-order valence-corrected chi connectivity index (χ2v) is 9.70. The zero-order valence-corrected chi connectivity index (χ0v) is 18.4. The third kappa shape index (κ3) is 5.10. The smallest absolute Gasteiger partial charge is 0.389 e. The molecule has 168 valence electrons. The number of hydrogen-bond donors (Lipinski definition) is 0. The summed E-state index contributed by atoms with van der Waals surface area (Å²) in [4.78, 5) is 0. The number of benzene rings is 2. The van der Waals surface area contributed by atoms with Crippen molar-refractivity contribution in [1.29, 1.82) is 0 Å². The highest BCUT2D eigenvalue weighted by Crippen LogP contribution is 2.59. The van der Waals surface area contributed by atoms with Gasteiger partial charge < -0.3 is 4.74 Å². The quantitative estimate of drug-likeness (QED) is 0.382. The van der Waals surface area contributed by atoms with Crippen molar-refractivity contribution in [3.05, 3.63) is 54.1 Å². The highest BCUT2D eigenvalue weighted by Gasteiger charge is 2.48. The number of rotatable bonds is 8. The Morgan fingerprint density at radius 2 is 1.35 bits per heavy atom. The molecule has 0 N–H and O–H groups in total. The summed E-state index contributed by atoms with van der Waals surface area (Å²) in [6.45, 7) is 2.39. The first kappa shape index (κ1) is 22.2. The molecule has 3 aliphatic rings. The van der Waals surface area contributed by atoms with Crippen LogP contribution in [0.15, 0.2) is 48.5 Å². The summed E-state index contributed by atoms with van der Waals surface area (Å²) in [7, 11) is 0. The van der Waals surface area contributed by atoms with Crippen LogP contribution < -0.4 is 4.74 Å². The van der Waals surface area contributed by atoms with Crippen LogP contribution in [0.3, 0.4) is 0 Å². The van der Waals surface area contributed by atoms with E-state index in [9.17, 15) is 13.2 Å². The maximum Gasteiger partial charge on any atom is 0.389 e. The predicted molar refractivity (Wildman–Crippen MR) is 119 cm³/mol. The number of alkyl halides is 3. The molecule has 3 saturated carbocycles. The van der Waals surface area contributed by atoms with Gasteiger partial charge in [-0.05, 0) is 91.0 Å². The Labute approximate surface area is 184 Å². The van der Waals surface area contributed by atoms with Gasteiger partial charge in [0, 0.05) is 6.42 Å². The largest absolute Gasteiger partial charge is 0.494 e. The molecule has 0 radical (unpaired) electrons. The standard InChI is InChI=1S/C27H33F3O/c1-2-12-25-14-17-26(18-15-25,19-16-25)23-8-4-21(5-9-23)22-6-10-24(11-7-22)31-20-3-13-27(28,29)30/h4-11H,2-3,12-20H2,1H3. The van der Waals surface area contributed by atoms with Gasteiger partial charge in [-0.3, -0.25) is 0 Å². The molecule has 2 bridgehead atoms. The molecule has 0 amide bonds. The summed E-state index contributed by atoms with van der Waals surface area (Å²) >= 11 is 0. The Hall–Kier alpha value is -1.97. The average molecular weight is 431 g/mol. The Bertz CT molecular complexity index is 827. The van der Waals surface area contributed by atoms with Crippen LogP contribution in [-0.4, -0.2) is 12.8 Å². The third-order valence-corrected chi connectivity index (χ3v) is 7.74. The maximum absolute atomic E-state index is 12.2. The molecule has 2 aromatic rings. The van der Waals surface area contributed by atoms with E-state index in [1.54, 1.807) is 0 Å². The maximum atomic E-state index is 12.2. The second-order valence-electron chi connectivity index (χ2n) is 9.70. The lowest BCUT2D eigenvalue weighted by Crippen LogP contribution is -2.44. The molecule has 1 nitrogen and oxygen atoms in total. The van der Waals surface area contributed by atoms with Crippen LogP contribution in [0.2, 0.25) is 0 Å². The molecule has 5 rings (SSSR count). The number of ether oxygens (including phenoxy) is 1. The van der Waals surface area contributed by atoms with Gasteiger partial charge in [0.25, 0.3) is 0 Å². The van der Waals surface area contributed by atoms with Crippen molar-refractivity contribution in [2.45, 2.75) is 82.7 Å². The Balaban J connectivity index is 1.36. The van der Waals surface area contributed by atoms with Crippen LogP contribution in [0.1, 0.15) is 76.7 Å². The average Bonchev–Trinajstić information content (AvgIpc) is 2.78. The molecule has 4 heteroatoms. The summed E-state index contributed by atoms with van der Waals surface area (Å²) < 4.78 is 42.1. The highest BCUT2D eigenvalue weighted by atomic mass is 19.4. The lowest BCUT2D eigenvalue weighted by molar-refractivity contribution is -0.136. The van der Waals surface area contributed by atoms with E-state index in [2.05, 4.69) is 31.2 Å². The van der Waals surface area contributed by atoms with E-state index in [-0.39, 0.29) is 13.0 Å². The van der Waals surface area contributed by atoms with Crippen LogP contribution in [0.5, 0.6) is 5.75 Å². The molecule has 31 heavy (non-hydrogen) atoms. The van der Waals surface area contributed by atoms with Crippen molar-refractivity contribution in [1.82, 2.24) is 0 Å². The van der Waals surface area contributed by atoms with Crippen LogP contribution in [0, 0.1) is 5.41 Å². The van der Waals surface area contributed by atoms with Crippen molar-refractivity contribution in [3.63, 3.8) is 0 Å². The highest BCUT2D eigenvalue weighted by molar-refractivity contribution is 5.64. The first-order valence-electron chi connectivity index (χ1n) is 11.7. The van der Waals surface area contributed by atoms with Crippen LogP contribution in [0.4, 0.5) is 13.2 Å². The van der Waals surface area contributed by atoms with Crippen molar-refractivity contribution in [2.75, 3.05) is 6.61 Å². The molecule has 0 heterocycles. The van der Waals surface area contributed by atoms with Crippen molar-refractivity contribution >= 4 is 0 Å². The fourth-order valence-electron chi connectivity index (χ4n) is 5.82. The van der Waals surface area contributed by atoms with Crippen LogP contribution >= 0.6 is 0 Å². The van der Waals surface area contributed by atoms with Crippen molar-refractivity contribution < 1.29 is 17.9 Å². The van der Waals surface area contributed by atoms with Gasteiger partial charge in [-0.1, -0.05) is 49.7 Å². The van der Waals surface area contributed by atoms with E-state index in [1.165, 1.54) is 56.9 Å². The molecule has 0 aromatic heterocycles. The first-order chi connectivity index (χ1) is 14.8. The fraction of sp³-hybridized carbons (Fsp3) is 0.556. The van der Waals surface area contributed by atoms with Gasteiger partial charge in [0.2, 0.25) is 0 Å². The molecule has 0 spiro atoms. The zero-order chi connectivity index (χ0) is 22.0. The summed E-state index contributed by atoms with van der Waals surface area (Å²) in [5.74, 6) is 0.612. The summed E-state index contributed by atoms with van der Waals surface area (Å²) in [6, 6.07) is 16.7. The van der Waals surface area contributed by atoms with E-state index in [4.69, 9.17) is 4.74 Å². The minimum absolute atomic E-state index is 0.0198. The summed E-state index contributed by atoms with van der Waals surface area (Å²) in [5, 5.41) is 0. The fourth-order valence-corrected chi connectivity index (χ4v) is 5.82. The van der Waals surface area contributed by atoms with E-state index < -0.39 is 12.6 Å². The lowest BCUT2D eigenvalue weighted by atomic mass is 9.51. The minimum atomic E-state index is -4.12. The number of halogens is 3. The predicted octanol–water partition coefficient (Wildman–Crippen LogP) is 8.47. The normalized spacial score (nSPS) is 25.5. The molecule has 3 aliphatic carbocycles. The summed E-state index contributed by atoms with van der Waals surface area (Å²) in [6.07, 6.45) is 5.88.